The molecule has 2 aromatic rings. The Hall–Kier alpha value is -1.46. The average molecular weight is 344 g/mol. The molecule has 1 heterocycles. The zero-order chi connectivity index (χ0) is 14.0. The number of methoxy groups -OCH3 is 1. The van der Waals surface area contributed by atoms with Crippen LogP contribution in [0.1, 0.15) is 10.5 Å². The van der Waals surface area contributed by atoms with E-state index in [-0.39, 0.29) is 5.91 Å². The summed E-state index contributed by atoms with van der Waals surface area (Å²) >= 11 is 9.24. The molecule has 0 spiro atoms. The number of nitrogens with zero attached hydrogens (tertiary/aromatic N) is 1. The van der Waals surface area contributed by atoms with E-state index in [1.54, 1.807) is 43.1 Å². The highest BCUT2D eigenvalue weighted by Gasteiger charge is 2.13. The van der Waals surface area contributed by atoms with Crippen molar-refractivity contribution in [2.24, 2.45) is 7.05 Å². The lowest BCUT2D eigenvalue weighted by molar-refractivity contribution is 0.101. The van der Waals surface area contributed by atoms with Crippen LogP contribution in [0.25, 0.3) is 0 Å². The van der Waals surface area contributed by atoms with Crippen molar-refractivity contribution in [3.63, 3.8) is 0 Å². The highest BCUT2D eigenvalue weighted by Crippen LogP contribution is 2.27. The third-order valence-corrected chi connectivity index (χ3v) is 3.52. The molecule has 2 rings (SSSR count). The molecule has 0 aliphatic rings. The quantitative estimate of drug-likeness (QED) is 0.923. The van der Waals surface area contributed by atoms with Crippen LogP contribution in [0.15, 0.2) is 34.9 Å². The van der Waals surface area contributed by atoms with Crippen LogP contribution in [-0.2, 0) is 7.05 Å². The van der Waals surface area contributed by atoms with Crippen molar-refractivity contribution < 1.29 is 9.53 Å². The number of aryl methyl sites for hydroxylation is 1. The van der Waals surface area contributed by atoms with Gasteiger partial charge in [-0.2, -0.15) is 0 Å². The average Bonchev–Trinajstić information content (AvgIpc) is 2.71. The van der Waals surface area contributed by atoms with Gasteiger partial charge < -0.3 is 14.6 Å². The molecule has 19 heavy (non-hydrogen) atoms. The maximum Gasteiger partial charge on any atom is 0.272 e. The summed E-state index contributed by atoms with van der Waals surface area (Å²) in [4.78, 5) is 12.1. The summed E-state index contributed by atoms with van der Waals surface area (Å²) in [5.74, 6) is 0.437. The van der Waals surface area contributed by atoms with Gasteiger partial charge in [-0.25, -0.2) is 0 Å². The minimum absolute atomic E-state index is 0.233. The third kappa shape index (κ3) is 3.11. The predicted octanol–water partition coefficient (Wildman–Crippen LogP) is 3.70. The summed E-state index contributed by atoms with van der Waals surface area (Å²) in [5.41, 5.74) is 1.13. The van der Waals surface area contributed by atoms with E-state index in [1.807, 2.05) is 6.07 Å². The number of aromatic nitrogens is 1. The lowest BCUT2D eigenvalue weighted by Gasteiger charge is -2.09. The fourth-order valence-corrected chi connectivity index (χ4v) is 2.26. The number of benzene rings is 1. The van der Waals surface area contributed by atoms with Gasteiger partial charge in [0.25, 0.3) is 5.91 Å². The molecule has 0 radical (unpaired) electrons. The van der Waals surface area contributed by atoms with Crippen molar-refractivity contribution in [3.05, 3.63) is 45.7 Å². The second kappa shape index (κ2) is 5.67. The molecule has 1 N–H and O–H groups in total. The van der Waals surface area contributed by atoms with E-state index in [1.165, 1.54) is 0 Å². The third-order valence-electron chi connectivity index (χ3n) is 2.63. The van der Waals surface area contributed by atoms with Crippen molar-refractivity contribution in [1.82, 2.24) is 4.57 Å². The van der Waals surface area contributed by atoms with Crippen LogP contribution in [-0.4, -0.2) is 17.6 Å². The Morgan fingerprint density at radius 3 is 2.74 bits per heavy atom. The largest absolute Gasteiger partial charge is 0.497 e. The molecule has 0 saturated carbocycles. The first-order valence-corrected chi connectivity index (χ1v) is 6.65. The van der Waals surface area contributed by atoms with Gasteiger partial charge in [0.15, 0.2) is 0 Å². The van der Waals surface area contributed by atoms with Crippen LogP contribution in [0.5, 0.6) is 5.75 Å². The summed E-state index contributed by atoms with van der Waals surface area (Å²) in [5, 5.41) is 3.34. The van der Waals surface area contributed by atoms with E-state index >= 15 is 0 Å². The molecule has 0 aliphatic carbocycles. The molecule has 0 fully saturated rings. The number of anilines is 1. The molecule has 0 atom stereocenters. The Kier molecular flexibility index (Phi) is 4.17. The maximum absolute atomic E-state index is 12.1. The molecule has 0 bridgehead atoms. The van der Waals surface area contributed by atoms with Crippen LogP contribution in [0, 0.1) is 0 Å². The molecule has 1 aromatic carbocycles. The normalized spacial score (nSPS) is 10.3. The van der Waals surface area contributed by atoms with Gasteiger partial charge in [0, 0.05) is 23.8 Å². The summed E-state index contributed by atoms with van der Waals surface area (Å²) < 4.78 is 7.58. The van der Waals surface area contributed by atoms with E-state index in [0.717, 1.165) is 4.47 Å². The molecule has 4 nitrogen and oxygen atoms in total. The molecular weight excluding hydrogens is 332 g/mol. The Labute approximate surface area is 124 Å². The molecule has 6 heteroatoms. The van der Waals surface area contributed by atoms with Crippen molar-refractivity contribution in [2.75, 3.05) is 12.4 Å². The first-order chi connectivity index (χ1) is 9.01. The molecule has 1 aromatic heterocycles. The Morgan fingerprint density at radius 1 is 1.42 bits per heavy atom. The van der Waals surface area contributed by atoms with Crippen LogP contribution < -0.4 is 10.1 Å². The van der Waals surface area contributed by atoms with Crippen LogP contribution in [0.3, 0.4) is 0 Å². The van der Waals surface area contributed by atoms with Gasteiger partial charge in [-0.3, -0.25) is 4.79 Å². The van der Waals surface area contributed by atoms with Gasteiger partial charge in [-0.1, -0.05) is 11.6 Å². The summed E-state index contributed by atoms with van der Waals surface area (Å²) in [6.45, 7) is 0. The van der Waals surface area contributed by atoms with Gasteiger partial charge in [0.2, 0.25) is 0 Å². The Balaban J connectivity index is 2.26. The maximum atomic E-state index is 12.1. The second-order valence-corrected chi connectivity index (χ2v) is 5.25. The number of ether oxygens (including phenoxy) is 1. The van der Waals surface area contributed by atoms with Crippen LogP contribution in [0.4, 0.5) is 5.69 Å². The smallest absolute Gasteiger partial charge is 0.272 e. The minimum Gasteiger partial charge on any atom is -0.497 e. The number of rotatable bonds is 3. The second-order valence-electron chi connectivity index (χ2n) is 3.95. The van der Waals surface area contributed by atoms with E-state index in [0.29, 0.717) is 22.2 Å². The van der Waals surface area contributed by atoms with Gasteiger partial charge in [-0.15, -0.1) is 0 Å². The molecule has 1 amide bonds. The highest BCUT2D eigenvalue weighted by molar-refractivity contribution is 9.10. The standard InChI is InChI=1S/C13H12BrClN2O2/c1-17-7-8(15)5-12(17)13(18)16-11-6-9(19-2)3-4-10(11)14/h3-7H,1-2H3,(H,16,18). The van der Waals surface area contributed by atoms with Crippen molar-refractivity contribution in [3.8, 4) is 5.75 Å². The fourth-order valence-electron chi connectivity index (χ4n) is 1.66. The lowest BCUT2D eigenvalue weighted by Crippen LogP contribution is -2.15. The van der Waals surface area contributed by atoms with E-state index in [9.17, 15) is 4.79 Å². The predicted molar refractivity (Wildman–Crippen MR) is 79.1 cm³/mol. The van der Waals surface area contributed by atoms with Gasteiger partial charge in [-0.05, 0) is 34.1 Å². The first-order valence-electron chi connectivity index (χ1n) is 5.48. The number of carbonyl (C=O) groups is 1. The minimum atomic E-state index is -0.233. The SMILES string of the molecule is COc1ccc(Br)c(NC(=O)c2cc(Cl)cn2C)c1. The zero-order valence-corrected chi connectivity index (χ0v) is 12.7. The first kappa shape index (κ1) is 14.0. The van der Waals surface area contributed by atoms with E-state index < -0.39 is 0 Å². The van der Waals surface area contributed by atoms with Gasteiger partial charge in [0.1, 0.15) is 11.4 Å². The lowest BCUT2D eigenvalue weighted by atomic mass is 10.3. The number of hydrogen-bond donors (Lipinski definition) is 1. The molecule has 100 valence electrons. The number of halogens is 2. The summed E-state index contributed by atoms with van der Waals surface area (Å²) in [6, 6.07) is 6.98. The van der Waals surface area contributed by atoms with Crippen molar-refractivity contribution in [2.45, 2.75) is 0 Å². The topological polar surface area (TPSA) is 43.3 Å². The Bertz CT molecular complexity index is 625. The van der Waals surface area contributed by atoms with Gasteiger partial charge >= 0.3 is 0 Å². The van der Waals surface area contributed by atoms with Crippen molar-refractivity contribution in [1.29, 1.82) is 0 Å². The van der Waals surface area contributed by atoms with Gasteiger partial charge in [0.05, 0.1) is 17.8 Å². The fraction of sp³-hybridized carbons (Fsp3) is 0.154. The highest BCUT2D eigenvalue weighted by atomic mass is 79.9. The number of amides is 1. The summed E-state index contributed by atoms with van der Waals surface area (Å²) in [7, 11) is 3.34. The number of carbonyl (C=O) groups excluding carboxylic acids is 1. The Morgan fingerprint density at radius 2 is 2.16 bits per heavy atom. The van der Waals surface area contributed by atoms with Crippen LogP contribution in [0.2, 0.25) is 5.02 Å². The number of hydrogen-bond acceptors (Lipinski definition) is 2. The number of nitrogens with one attached hydrogen (secondary N) is 1. The zero-order valence-electron chi connectivity index (χ0n) is 10.4. The van der Waals surface area contributed by atoms with E-state index in [4.69, 9.17) is 16.3 Å². The van der Waals surface area contributed by atoms with Crippen LogP contribution >= 0.6 is 27.5 Å². The molecule has 0 unspecified atom stereocenters. The molecule has 0 aliphatic heterocycles. The monoisotopic (exact) mass is 342 g/mol. The van der Waals surface area contributed by atoms with E-state index in [2.05, 4.69) is 21.2 Å². The van der Waals surface area contributed by atoms with Crippen molar-refractivity contribution >= 4 is 39.1 Å². The molecule has 0 saturated heterocycles. The summed E-state index contributed by atoms with van der Waals surface area (Å²) in [6.07, 6.45) is 1.68. The molecular formula is C13H12BrClN2O2.